The van der Waals surface area contributed by atoms with Crippen molar-refractivity contribution in [3.63, 3.8) is 0 Å². The van der Waals surface area contributed by atoms with Gasteiger partial charge in [-0.15, -0.1) is 0 Å². The fourth-order valence-electron chi connectivity index (χ4n) is 6.02. The summed E-state index contributed by atoms with van der Waals surface area (Å²) in [7, 11) is 0.883. The molecule has 0 fully saturated rings. The van der Waals surface area contributed by atoms with Gasteiger partial charge in [-0.25, -0.2) is 25.3 Å². The van der Waals surface area contributed by atoms with Crippen LogP contribution in [0.25, 0.3) is 0 Å². The zero-order valence-electron chi connectivity index (χ0n) is 33.9. The number of hydrogen-bond acceptors (Lipinski definition) is 13. The van der Waals surface area contributed by atoms with E-state index in [1.165, 1.54) is 7.05 Å². The van der Waals surface area contributed by atoms with E-state index in [0.29, 0.717) is 133 Å². The molecule has 0 aliphatic rings. The first-order chi connectivity index (χ1) is 25.2. The summed E-state index contributed by atoms with van der Waals surface area (Å²) < 4.78 is 119. The first-order valence-electron chi connectivity index (χ1n) is 18.8. The minimum Gasteiger partial charge on any atom is -0.748 e. The van der Waals surface area contributed by atoms with E-state index in [2.05, 4.69) is 5.32 Å². The van der Waals surface area contributed by atoms with Crippen molar-refractivity contribution in [2.45, 2.75) is 57.8 Å². The molecule has 0 aliphatic carbocycles. The van der Waals surface area contributed by atoms with E-state index in [1.54, 1.807) is 12.1 Å². The quantitative estimate of drug-likeness (QED) is 0.0637. The Morgan fingerprint density at radius 1 is 0.527 bits per heavy atom. The summed E-state index contributed by atoms with van der Waals surface area (Å²) in [5, 5.41) is 2.63. The first-order valence-corrected chi connectivity index (χ1v) is 23.5. The van der Waals surface area contributed by atoms with Gasteiger partial charge in [0.25, 0.3) is 5.91 Å². The van der Waals surface area contributed by atoms with Gasteiger partial charge in [-0.3, -0.25) is 4.79 Å². The third-order valence-corrected chi connectivity index (χ3v) is 11.6. The van der Waals surface area contributed by atoms with E-state index in [9.17, 15) is 43.7 Å². The highest BCUT2D eigenvalue weighted by Gasteiger charge is 2.22. The molecular formula is C35H66N4O13S3. The standard InChI is InChI=1S/C35H66N4O13S3/c1-36-35(40)31-29-32(50-23-14-20-37(2,3)17-8-11-26-53(41,42)43)34(52-25-16-22-39(6,7)19-10-13-28-55(47,48)49)33(30-31)51-24-15-21-38(4,5)18-9-12-27-54(44,45)46/h29-30H,8-28H2,1-7H3,(H-3,36,40,41,42,43,44,45,46,47,48,49). The van der Waals surface area contributed by atoms with Gasteiger partial charge in [-0.2, -0.15) is 0 Å². The molecule has 1 aromatic rings. The summed E-state index contributed by atoms with van der Waals surface area (Å²) in [5.41, 5.74) is 0.312. The molecule has 0 unspecified atom stereocenters. The predicted octanol–water partition coefficient (Wildman–Crippen LogP) is 1.56. The van der Waals surface area contributed by atoms with Crippen LogP contribution in [0.1, 0.15) is 68.1 Å². The van der Waals surface area contributed by atoms with Crippen LogP contribution in [0.5, 0.6) is 17.2 Å². The highest BCUT2D eigenvalue weighted by Crippen LogP contribution is 2.39. The van der Waals surface area contributed by atoms with Gasteiger partial charge in [0.05, 0.1) is 132 Å². The lowest BCUT2D eigenvalue weighted by Gasteiger charge is -2.30. The normalized spacial score (nSPS) is 13.1. The molecular weight excluding hydrogens is 781 g/mol. The number of rotatable bonds is 31. The van der Waals surface area contributed by atoms with Crippen molar-refractivity contribution in [1.82, 2.24) is 5.32 Å². The minimum atomic E-state index is -4.25. The summed E-state index contributed by atoms with van der Waals surface area (Å²) in [6, 6.07) is 3.22. The summed E-state index contributed by atoms with van der Waals surface area (Å²) >= 11 is 0. The molecule has 1 amide bonds. The van der Waals surface area contributed by atoms with Gasteiger partial charge >= 0.3 is 0 Å². The van der Waals surface area contributed by atoms with Crippen molar-refractivity contribution < 1.29 is 71.4 Å². The molecule has 0 saturated carbocycles. The Hall–Kier alpha value is -2.30. The number of quaternary nitrogens is 3. The van der Waals surface area contributed by atoms with Crippen LogP contribution in [0.4, 0.5) is 0 Å². The predicted molar refractivity (Wildman–Crippen MR) is 207 cm³/mol. The number of nitrogens with zero attached hydrogens (tertiary/aromatic N) is 3. The van der Waals surface area contributed by atoms with E-state index in [-0.39, 0.29) is 43.0 Å². The molecule has 0 bridgehead atoms. The van der Waals surface area contributed by atoms with Crippen LogP contribution in [0.15, 0.2) is 12.1 Å². The number of carbonyl (C=O) groups excluding carboxylic acids is 1. The number of benzene rings is 1. The lowest BCUT2D eigenvalue weighted by Crippen LogP contribution is -2.42. The van der Waals surface area contributed by atoms with Crippen LogP contribution < -0.4 is 19.5 Å². The van der Waals surface area contributed by atoms with Gasteiger partial charge < -0.3 is 46.6 Å². The molecule has 0 atom stereocenters. The second-order valence-electron chi connectivity index (χ2n) is 16.0. The maximum absolute atomic E-state index is 12.8. The lowest BCUT2D eigenvalue weighted by molar-refractivity contribution is -0.890. The molecule has 0 radical (unpaired) electrons. The minimum absolute atomic E-state index is 0.284. The number of amides is 1. The van der Waals surface area contributed by atoms with Crippen LogP contribution in [-0.2, 0) is 30.4 Å². The Labute approximate surface area is 330 Å². The number of nitrogens with one attached hydrogen (secondary N) is 1. The fraction of sp³-hybridized carbons (Fsp3) is 0.800. The van der Waals surface area contributed by atoms with Gasteiger partial charge in [0.15, 0.2) is 11.5 Å². The molecule has 0 spiro atoms. The maximum Gasteiger partial charge on any atom is 0.251 e. The second kappa shape index (κ2) is 23.2. The summed E-state index contributed by atoms with van der Waals surface area (Å²) in [6.07, 6.45) is 4.53. The number of unbranched alkanes of at least 4 members (excludes halogenated alkanes) is 3. The number of ether oxygens (including phenoxy) is 3. The van der Waals surface area contributed by atoms with Crippen LogP contribution in [-0.4, -0.2) is 184 Å². The molecule has 1 rings (SSSR count). The molecule has 0 saturated heterocycles. The van der Waals surface area contributed by atoms with E-state index >= 15 is 0 Å². The van der Waals surface area contributed by atoms with Crippen molar-refractivity contribution in [1.29, 1.82) is 0 Å². The Balaban J connectivity index is 3.09. The lowest BCUT2D eigenvalue weighted by atomic mass is 10.1. The van der Waals surface area contributed by atoms with Crippen LogP contribution in [0, 0.1) is 0 Å². The zero-order valence-corrected chi connectivity index (χ0v) is 36.3. The molecule has 1 N–H and O–H groups in total. The van der Waals surface area contributed by atoms with Crippen LogP contribution in [0.2, 0.25) is 0 Å². The monoisotopic (exact) mass is 846 g/mol. The van der Waals surface area contributed by atoms with Crippen molar-refractivity contribution in [2.24, 2.45) is 0 Å². The molecule has 0 aromatic heterocycles. The molecule has 17 nitrogen and oxygen atoms in total. The van der Waals surface area contributed by atoms with Gasteiger partial charge in [0.1, 0.15) is 0 Å². The average Bonchev–Trinajstić information content (AvgIpc) is 3.04. The molecule has 322 valence electrons. The number of hydrogen-bond donors (Lipinski definition) is 1. The topological polar surface area (TPSA) is 228 Å². The second-order valence-corrected chi connectivity index (χ2v) is 20.6. The van der Waals surface area contributed by atoms with Gasteiger partial charge in [-0.05, 0) is 50.7 Å². The average molecular weight is 847 g/mol. The molecule has 0 heterocycles. The Bertz CT molecular complexity index is 1570. The number of carbonyl (C=O) groups is 1. The summed E-state index contributed by atoms with van der Waals surface area (Å²) in [4.78, 5) is 12.8. The van der Waals surface area contributed by atoms with E-state index < -0.39 is 30.4 Å². The Morgan fingerprint density at radius 3 is 1.11 bits per heavy atom. The van der Waals surface area contributed by atoms with E-state index in [0.717, 1.165) is 0 Å². The van der Waals surface area contributed by atoms with Gasteiger partial charge in [0, 0.05) is 49.1 Å². The van der Waals surface area contributed by atoms with E-state index in [4.69, 9.17) is 14.2 Å². The third-order valence-electron chi connectivity index (χ3n) is 9.22. The SMILES string of the molecule is CNC(=O)c1cc(OCCC[N+](C)(C)CCCCS(=O)(=O)[O-])c(OCCC[N+](C)(C)CCCCS(=O)(=O)[O-])c(OCCC[N+](C)(C)CCCCS(=O)(=O)[O-])c1. The van der Waals surface area contributed by atoms with Crippen LogP contribution in [0.3, 0.4) is 0 Å². The van der Waals surface area contributed by atoms with Crippen molar-refractivity contribution >= 4 is 36.3 Å². The summed E-state index contributed by atoms with van der Waals surface area (Å²) in [6.45, 7) is 5.00. The molecule has 55 heavy (non-hydrogen) atoms. The van der Waals surface area contributed by atoms with Crippen molar-refractivity contribution in [3.05, 3.63) is 17.7 Å². The van der Waals surface area contributed by atoms with Crippen molar-refractivity contribution in [3.8, 4) is 17.2 Å². The maximum atomic E-state index is 12.8. The Kier molecular flexibility index (Phi) is 21.4. The molecule has 1 aromatic carbocycles. The smallest absolute Gasteiger partial charge is 0.251 e. The molecule has 0 aliphatic heterocycles. The Morgan fingerprint density at radius 2 is 0.818 bits per heavy atom. The zero-order chi connectivity index (χ0) is 42.0. The fourth-order valence-corrected chi connectivity index (χ4v) is 7.69. The van der Waals surface area contributed by atoms with E-state index in [1.807, 2.05) is 42.3 Å². The first kappa shape index (κ1) is 50.7. The third kappa shape index (κ3) is 25.5. The molecule has 20 heteroatoms. The van der Waals surface area contributed by atoms with Gasteiger partial charge in [-0.1, -0.05) is 0 Å². The summed E-state index contributed by atoms with van der Waals surface area (Å²) in [5.74, 6) is -0.487. The van der Waals surface area contributed by atoms with Crippen molar-refractivity contribution in [2.75, 3.05) is 126 Å². The highest BCUT2D eigenvalue weighted by atomic mass is 32.2. The van der Waals surface area contributed by atoms with Crippen LogP contribution >= 0.6 is 0 Å². The largest absolute Gasteiger partial charge is 0.748 e. The van der Waals surface area contributed by atoms with Gasteiger partial charge in [0.2, 0.25) is 5.75 Å². The highest BCUT2D eigenvalue weighted by molar-refractivity contribution is 7.86.